The number of ether oxygens (including phenoxy) is 1. The molecule has 0 amide bonds. The summed E-state index contributed by atoms with van der Waals surface area (Å²) in [6.45, 7) is 3.45. The monoisotopic (exact) mass is 285 g/mol. The highest BCUT2D eigenvalue weighted by atomic mass is 35.5. The fourth-order valence-electron chi connectivity index (χ4n) is 2.38. The van der Waals surface area contributed by atoms with Gasteiger partial charge in [0.25, 0.3) is 0 Å². The Morgan fingerprint density at radius 1 is 1.10 bits per heavy atom. The van der Waals surface area contributed by atoms with Gasteiger partial charge in [-0.2, -0.15) is 0 Å². The van der Waals surface area contributed by atoms with Crippen LogP contribution in [0.15, 0.2) is 54.7 Å². The number of hydrogen-bond donors (Lipinski definition) is 0. The van der Waals surface area contributed by atoms with Gasteiger partial charge in [-0.3, -0.25) is 0 Å². The first-order valence-corrected chi connectivity index (χ1v) is 7.11. The Kier molecular flexibility index (Phi) is 3.66. The molecule has 3 rings (SSSR count). The van der Waals surface area contributed by atoms with Gasteiger partial charge in [-0.05, 0) is 42.8 Å². The van der Waals surface area contributed by atoms with Crippen LogP contribution in [0.5, 0.6) is 5.75 Å². The first-order chi connectivity index (χ1) is 9.78. The van der Waals surface area contributed by atoms with Gasteiger partial charge in [-0.25, -0.2) is 0 Å². The standard InChI is InChI=1S/C17H16ClNO/c1-2-20-15-7-8-17-13(11-15)9-10-19(17)12-14-5-3-4-6-16(14)18/h3-11H,2,12H2,1H3. The summed E-state index contributed by atoms with van der Waals surface area (Å²) in [4.78, 5) is 0. The first-order valence-electron chi connectivity index (χ1n) is 6.73. The molecule has 0 aliphatic rings. The van der Waals surface area contributed by atoms with Crippen molar-refractivity contribution in [2.75, 3.05) is 6.61 Å². The van der Waals surface area contributed by atoms with Gasteiger partial charge >= 0.3 is 0 Å². The van der Waals surface area contributed by atoms with Crippen molar-refractivity contribution < 1.29 is 4.74 Å². The summed E-state index contributed by atoms with van der Waals surface area (Å²) in [6.07, 6.45) is 2.09. The number of fused-ring (bicyclic) bond motifs is 1. The number of rotatable bonds is 4. The minimum Gasteiger partial charge on any atom is -0.494 e. The second-order valence-electron chi connectivity index (χ2n) is 4.69. The van der Waals surface area contributed by atoms with Crippen LogP contribution in [0, 0.1) is 0 Å². The average Bonchev–Trinajstić information content (AvgIpc) is 2.84. The third-order valence-corrected chi connectivity index (χ3v) is 3.72. The summed E-state index contributed by atoms with van der Waals surface area (Å²) in [6, 6.07) is 16.2. The third kappa shape index (κ3) is 2.52. The Labute approximate surface area is 123 Å². The summed E-state index contributed by atoms with van der Waals surface area (Å²) in [7, 11) is 0. The van der Waals surface area contributed by atoms with Gasteiger partial charge in [0.1, 0.15) is 5.75 Å². The van der Waals surface area contributed by atoms with E-state index in [1.807, 2.05) is 31.2 Å². The predicted molar refractivity (Wildman–Crippen MR) is 83.7 cm³/mol. The molecular weight excluding hydrogens is 270 g/mol. The molecule has 1 aromatic heterocycles. The molecule has 102 valence electrons. The van der Waals surface area contributed by atoms with E-state index in [0.29, 0.717) is 6.61 Å². The molecule has 1 heterocycles. The lowest BCUT2D eigenvalue weighted by molar-refractivity contribution is 0.340. The van der Waals surface area contributed by atoms with E-state index >= 15 is 0 Å². The predicted octanol–water partition coefficient (Wildman–Crippen LogP) is 4.74. The normalized spacial score (nSPS) is 10.9. The van der Waals surface area contributed by atoms with Gasteiger partial charge in [0, 0.05) is 28.7 Å². The van der Waals surface area contributed by atoms with Crippen LogP contribution in [-0.2, 0) is 6.54 Å². The number of halogens is 1. The van der Waals surface area contributed by atoms with Gasteiger partial charge in [-0.15, -0.1) is 0 Å². The minimum absolute atomic E-state index is 0.686. The maximum atomic E-state index is 6.23. The lowest BCUT2D eigenvalue weighted by atomic mass is 10.2. The molecule has 3 heteroatoms. The van der Waals surface area contributed by atoms with E-state index in [9.17, 15) is 0 Å². The highest BCUT2D eigenvalue weighted by Crippen LogP contribution is 2.24. The summed E-state index contributed by atoms with van der Waals surface area (Å²) >= 11 is 6.23. The Hall–Kier alpha value is -1.93. The first kappa shape index (κ1) is 13.1. The molecule has 0 aliphatic carbocycles. The summed E-state index contributed by atoms with van der Waals surface area (Å²) in [5.41, 5.74) is 2.31. The zero-order chi connectivity index (χ0) is 13.9. The Morgan fingerprint density at radius 3 is 2.75 bits per heavy atom. The van der Waals surface area contributed by atoms with E-state index in [4.69, 9.17) is 16.3 Å². The molecule has 0 spiro atoms. The lowest BCUT2D eigenvalue weighted by Crippen LogP contribution is -1.98. The fourth-order valence-corrected chi connectivity index (χ4v) is 2.58. The molecule has 0 radical (unpaired) electrons. The van der Waals surface area contributed by atoms with E-state index in [1.165, 1.54) is 10.9 Å². The Balaban J connectivity index is 1.95. The second-order valence-corrected chi connectivity index (χ2v) is 5.10. The average molecular weight is 286 g/mol. The van der Waals surface area contributed by atoms with Crippen molar-refractivity contribution in [2.45, 2.75) is 13.5 Å². The molecule has 0 fully saturated rings. The van der Waals surface area contributed by atoms with Gasteiger partial charge in [0.2, 0.25) is 0 Å². The second kappa shape index (κ2) is 5.59. The highest BCUT2D eigenvalue weighted by molar-refractivity contribution is 6.31. The van der Waals surface area contributed by atoms with Crippen molar-refractivity contribution in [1.29, 1.82) is 0 Å². The summed E-state index contributed by atoms with van der Waals surface area (Å²) in [5.74, 6) is 0.912. The Bertz CT molecular complexity index is 733. The molecule has 0 aliphatic heterocycles. The maximum absolute atomic E-state index is 6.23. The van der Waals surface area contributed by atoms with Crippen LogP contribution in [-0.4, -0.2) is 11.2 Å². The molecule has 20 heavy (non-hydrogen) atoms. The van der Waals surface area contributed by atoms with Gasteiger partial charge in [0.05, 0.1) is 6.61 Å². The van der Waals surface area contributed by atoms with Crippen LogP contribution in [0.4, 0.5) is 0 Å². The summed E-state index contributed by atoms with van der Waals surface area (Å²) in [5, 5.41) is 1.99. The van der Waals surface area contributed by atoms with E-state index in [-0.39, 0.29) is 0 Å². The van der Waals surface area contributed by atoms with Crippen LogP contribution >= 0.6 is 11.6 Å². The molecule has 0 atom stereocenters. The maximum Gasteiger partial charge on any atom is 0.120 e. The van der Waals surface area contributed by atoms with Crippen LogP contribution in [0.1, 0.15) is 12.5 Å². The van der Waals surface area contributed by atoms with Gasteiger partial charge in [0.15, 0.2) is 0 Å². The number of hydrogen-bond acceptors (Lipinski definition) is 1. The molecule has 0 saturated heterocycles. The van der Waals surface area contributed by atoms with Crippen molar-refractivity contribution in [1.82, 2.24) is 4.57 Å². The van der Waals surface area contributed by atoms with E-state index in [1.54, 1.807) is 0 Å². The molecule has 0 N–H and O–H groups in total. The molecule has 2 aromatic carbocycles. The van der Waals surface area contributed by atoms with Crippen molar-refractivity contribution in [3.8, 4) is 5.75 Å². The molecule has 0 saturated carbocycles. The van der Waals surface area contributed by atoms with Crippen molar-refractivity contribution in [2.24, 2.45) is 0 Å². The van der Waals surface area contributed by atoms with Gasteiger partial charge < -0.3 is 9.30 Å². The number of nitrogens with zero attached hydrogens (tertiary/aromatic N) is 1. The fraction of sp³-hybridized carbons (Fsp3) is 0.176. The highest BCUT2D eigenvalue weighted by Gasteiger charge is 2.05. The van der Waals surface area contributed by atoms with Crippen LogP contribution in [0.3, 0.4) is 0 Å². The number of benzene rings is 2. The van der Waals surface area contributed by atoms with E-state index < -0.39 is 0 Å². The largest absolute Gasteiger partial charge is 0.494 e. The van der Waals surface area contributed by atoms with Crippen molar-refractivity contribution in [3.05, 3.63) is 65.3 Å². The van der Waals surface area contributed by atoms with E-state index in [0.717, 1.165) is 22.9 Å². The topological polar surface area (TPSA) is 14.2 Å². The molecule has 0 unspecified atom stereocenters. The molecule has 2 nitrogen and oxygen atoms in total. The zero-order valence-electron chi connectivity index (χ0n) is 11.3. The third-order valence-electron chi connectivity index (χ3n) is 3.35. The van der Waals surface area contributed by atoms with E-state index in [2.05, 4.69) is 35.0 Å². The lowest BCUT2D eigenvalue weighted by Gasteiger charge is -2.08. The van der Waals surface area contributed by atoms with Crippen LogP contribution in [0.2, 0.25) is 5.02 Å². The van der Waals surface area contributed by atoms with Gasteiger partial charge in [-0.1, -0.05) is 29.8 Å². The Morgan fingerprint density at radius 2 is 1.95 bits per heavy atom. The van der Waals surface area contributed by atoms with Crippen molar-refractivity contribution in [3.63, 3.8) is 0 Å². The molecular formula is C17H16ClNO. The SMILES string of the molecule is CCOc1ccc2c(ccn2Cc2ccccc2Cl)c1. The minimum atomic E-state index is 0.686. The van der Waals surface area contributed by atoms with Crippen molar-refractivity contribution >= 4 is 22.5 Å². The zero-order valence-corrected chi connectivity index (χ0v) is 12.1. The molecule has 0 bridgehead atoms. The quantitative estimate of drug-likeness (QED) is 0.675. The van der Waals surface area contributed by atoms with Crippen LogP contribution < -0.4 is 4.74 Å². The smallest absolute Gasteiger partial charge is 0.120 e. The number of aromatic nitrogens is 1. The van der Waals surface area contributed by atoms with Crippen LogP contribution in [0.25, 0.3) is 10.9 Å². The molecule has 3 aromatic rings. The summed E-state index contributed by atoms with van der Waals surface area (Å²) < 4.78 is 7.73.